The summed E-state index contributed by atoms with van der Waals surface area (Å²) in [5.74, 6) is 0. The predicted molar refractivity (Wildman–Crippen MR) is 113 cm³/mol. The summed E-state index contributed by atoms with van der Waals surface area (Å²) in [6.45, 7) is 9.83. The lowest BCUT2D eigenvalue weighted by Gasteiger charge is -2.07. The van der Waals surface area contributed by atoms with E-state index in [1.807, 2.05) is 0 Å². The van der Waals surface area contributed by atoms with E-state index in [1.54, 1.807) is 0 Å². The van der Waals surface area contributed by atoms with Crippen molar-refractivity contribution in [3.8, 4) is 0 Å². The maximum absolute atomic E-state index is 5.46. The monoisotopic (exact) mass is 356 g/mol. The number of rotatable bonds is 22. The van der Waals surface area contributed by atoms with Crippen LogP contribution in [0.5, 0.6) is 0 Å². The summed E-state index contributed by atoms with van der Waals surface area (Å²) in [5, 5.41) is 10.5. The van der Waals surface area contributed by atoms with Crippen molar-refractivity contribution < 1.29 is 0 Å². The van der Waals surface area contributed by atoms with Crippen LogP contribution in [0.4, 0.5) is 0 Å². The summed E-state index contributed by atoms with van der Waals surface area (Å²) < 4.78 is 0. The second-order valence-corrected chi connectivity index (χ2v) is 7.28. The lowest BCUT2D eigenvalue weighted by molar-refractivity contribution is 0.532. The van der Waals surface area contributed by atoms with Crippen LogP contribution in [0.1, 0.15) is 90.4 Å². The molecule has 0 fully saturated rings. The van der Waals surface area contributed by atoms with Crippen molar-refractivity contribution in [1.82, 2.24) is 16.0 Å². The zero-order valence-corrected chi connectivity index (χ0v) is 17.2. The molecule has 152 valence electrons. The number of unbranched alkanes of at least 4 members (excludes halogenated alkanes) is 9. The van der Waals surface area contributed by atoms with Crippen LogP contribution in [0.25, 0.3) is 0 Å². The second kappa shape index (κ2) is 23.8. The average Bonchev–Trinajstić information content (AvgIpc) is 2.63. The van der Waals surface area contributed by atoms with Crippen LogP contribution in [-0.4, -0.2) is 45.8 Å². The van der Waals surface area contributed by atoms with Gasteiger partial charge in [-0.25, -0.2) is 0 Å². The van der Waals surface area contributed by atoms with Crippen LogP contribution in [0.3, 0.4) is 0 Å². The lowest BCUT2D eigenvalue weighted by atomic mass is 10.1. The number of nitrogens with one attached hydrogen (secondary N) is 3. The molecule has 5 N–H and O–H groups in total. The van der Waals surface area contributed by atoms with E-state index in [4.69, 9.17) is 5.73 Å². The minimum absolute atomic E-state index is 0.789. The van der Waals surface area contributed by atoms with Crippen LogP contribution in [0, 0.1) is 0 Å². The van der Waals surface area contributed by atoms with Gasteiger partial charge in [0.15, 0.2) is 0 Å². The molecule has 0 rings (SSSR count). The molecule has 4 nitrogen and oxygen atoms in total. The predicted octanol–water partition coefficient (Wildman–Crippen LogP) is 3.81. The summed E-state index contributed by atoms with van der Waals surface area (Å²) in [6, 6.07) is 0. The summed E-state index contributed by atoms with van der Waals surface area (Å²) in [5.41, 5.74) is 5.46. The first-order valence-corrected chi connectivity index (χ1v) is 11.2. The summed E-state index contributed by atoms with van der Waals surface area (Å²) in [7, 11) is 0. The Bertz CT molecular complexity index is 202. The van der Waals surface area contributed by atoms with Crippen LogP contribution in [0.15, 0.2) is 0 Å². The highest BCUT2D eigenvalue weighted by Crippen LogP contribution is 2.10. The minimum Gasteiger partial charge on any atom is -0.330 e. The molecule has 0 aromatic heterocycles. The van der Waals surface area contributed by atoms with Crippen molar-refractivity contribution in [2.45, 2.75) is 90.4 Å². The largest absolute Gasteiger partial charge is 0.330 e. The normalized spacial score (nSPS) is 11.3. The maximum atomic E-state index is 5.46. The Hall–Kier alpha value is -0.160. The molecule has 0 aliphatic rings. The third-order valence-corrected chi connectivity index (χ3v) is 4.68. The topological polar surface area (TPSA) is 62.1 Å². The van der Waals surface area contributed by atoms with E-state index >= 15 is 0 Å². The molecule has 0 unspecified atom stereocenters. The van der Waals surface area contributed by atoms with Crippen molar-refractivity contribution in [2.24, 2.45) is 5.73 Å². The van der Waals surface area contributed by atoms with E-state index in [0.29, 0.717) is 0 Å². The fourth-order valence-corrected chi connectivity index (χ4v) is 3.02. The standard InChI is InChI=1S/C21H48N4/c1-2-3-4-5-6-7-8-9-10-11-16-23-18-13-20-25-21-14-19-24-17-12-15-22/h23-25H,2-22H2,1H3. The zero-order valence-electron chi connectivity index (χ0n) is 17.2. The van der Waals surface area contributed by atoms with Gasteiger partial charge in [-0.15, -0.1) is 0 Å². The van der Waals surface area contributed by atoms with Gasteiger partial charge in [0.05, 0.1) is 0 Å². The van der Waals surface area contributed by atoms with Gasteiger partial charge in [-0.05, 0) is 71.5 Å². The van der Waals surface area contributed by atoms with E-state index in [2.05, 4.69) is 22.9 Å². The van der Waals surface area contributed by atoms with E-state index < -0.39 is 0 Å². The SMILES string of the molecule is CCCCCCCCCCCCNCCCNCCCNCCCN. The molecule has 4 heteroatoms. The molecule has 0 atom stereocenters. The Morgan fingerprint density at radius 1 is 0.440 bits per heavy atom. The van der Waals surface area contributed by atoms with E-state index in [0.717, 1.165) is 45.7 Å². The molecule has 0 saturated heterocycles. The molecule has 0 aliphatic carbocycles. The fraction of sp³-hybridized carbons (Fsp3) is 1.00. The number of hydrogen-bond donors (Lipinski definition) is 4. The van der Waals surface area contributed by atoms with E-state index in [1.165, 1.54) is 83.6 Å². The van der Waals surface area contributed by atoms with E-state index in [9.17, 15) is 0 Å². The van der Waals surface area contributed by atoms with Gasteiger partial charge in [0.25, 0.3) is 0 Å². The van der Waals surface area contributed by atoms with Gasteiger partial charge in [0.1, 0.15) is 0 Å². The Morgan fingerprint density at radius 3 is 1.24 bits per heavy atom. The Kier molecular flexibility index (Phi) is 23.7. The first-order chi connectivity index (χ1) is 12.4. The minimum atomic E-state index is 0.789. The van der Waals surface area contributed by atoms with E-state index in [-0.39, 0.29) is 0 Å². The van der Waals surface area contributed by atoms with Gasteiger partial charge in [-0.2, -0.15) is 0 Å². The molecule has 0 spiro atoms. The van der Waals surface area contributed by atoms with Gasteiger partial charge in [0, 0.05) is 0 Å². The first kappa shape index (κ1) is 24.8. The summed E-state index contributed by atoms with van der Waals surface area (Å²) >= 11 is 0. The van der Waals surface area contributed by atoms with Gasteiger partial charge in [-0.1, -0.05) is 64.7 Å². The second-order valence-electron chi connectivity index (χ2n) is 7.28. The Balaban J connectivity index is 2.94. The molecule has 0 radical (unpaired) electrons. The highest BCUT2D eigenvalue weighted by molar-refractivity contribution is 4.55. The van der Waals surface area contributed by atoms with Gasteiger partial charge in [0.2, 0.25) is 0 Å². The quantitative estimate of drug-likeness (QED) is 0.223. The smallest absolute Gasteiger partial charge is 0.00368 e. The van der Waals surface area contributed by atoms with Crippen molar-refractivity contribution in [3.05, 3.63) is 0 Å². The maximum Gasteiger partial charge on any atom is -0.00368 e. The van der Waals surface area contributed by atoms with Gasteiger partial charge < -0.3 is 21.7 Å². The van der Waals surface area contributed by atoms with Crippen molar-refractivity contribution in [3.63, 3.8) is 0 Å². The first-order valence-electron chi connectivity index (χ1n) is 11.2. The van der Waals surface area contributed by atoms with Crippen molar-refractivity contribution >= 4 is 0 Å². The molecule has 0 heterocycles. The third-order valence-electron chi connectivity index (χ3n) is 4.68. The molecular weight excluding hydrogens is 308 g/mol. The van der Waals surface area contributed by atoms with Crippen LogP contribution in [0.2, 0.25) is 0 Å². The molecule has 0 saturated carbocycles. The fourth-order valence-electron chi connectivity index (χ4n) is 3.02. The molecule has 0 bridgehead atoms. The lowest BCUT2D eigenvalue weighted by Crippen LogP contribution is -2.26. The molecule has 0 aromatic carbocycles. The molecule has 0 amide bonds. The van der Waals surface area contributed by atoms with Crippen LogP contribution < -0.4 is 21.7 Å². The van der Waals surface area contributed by atoms with Crippen molar-refractivity contribution in [1.29, 1.82) is 0 Å². The summed E-state index contributed by atoms with van der Waals surface area (Å²) in [6.07, 6.45) is 17.7. The molecule has 0 aliphatic heterocycles. The Morgan fingerprint density at radius 2 is 0.800 bits per heavy atom. The van der Waals surface area contributed by atoms with Gasteiger partial charge >= 0.3 is 0 Å². The molecule has 0 aromatic rings. The van der Waals surface area contributed by atoms with Gasteiger partial charge in [-0.3, -0.25) is 0 Å². The highest BCUT2D eigenvalue weighted by Gasteiger charge is 1.94. The van der Waals surface area contributed by atoms with Crippen molar-refractivity contribution in [2.75, 3.05) is 45.8 Å². The number of nitrogens with two attached hydrogens (primary N) is 1. The third kappa shape index (κ3) is 23.8. The van der Waals surface area contributed by atoms with Crippen LogP contribution >= 0.6 is 0 Å². The molecular formula is C21H48N4. The zero-order chi connectivity index (χ0) is 18.3. The average molecular weight is 357 g/mol. The number of hydrogen-bond acceptors (Lipinski definition) is 4. The Labute approximate surface area is 158 Å². The molecule has 25 heavy (non-hydrogen) atoms. The van der Waals surface area contributed by atoms with Crippen LogP contribution in [-0.2, 0) is 0 Å². The highest BCUT2D eigenvalue weighted by atomic mass is 14.9. The summed E-state index contributed by atoms with van der Waals surface area (Å²) in [4.78, 5) is 0.